The quantitative estimate of drug-likeness (QED) is 0.0347. The molecular weight excluding hydrogens is 789 g/mol. The van der Waals surface area contributed by atoms with E-state index < -0.39 is 6.10 Å². The molecule has 0 saturated heterocycles. The number of ether oxygens (including phenoxy) is 3. The number of carbonyl (C=O) groups is 2. The summed E-state index contributed by atoms with van der Waals surface area (Å²) in [6.07, 6.45) is 79.6. The van der Waals surface area contributed by atoms with Crippen LogP contribution in [0.2, 0.25) is 0 Å². The van der Waals surface area contributed by atoms with E-state index in [1.165, 1.54) is 0 Å². The maximum absolute atomic E-state index is 12.8. The van der Waals surface area contributed by atoms with Gasteiger partial charge in [0.1, 0.15) is 6.61 Å². The van der Waals surface area contributed by atoms with Crippen LogP contribution >= 0.6 is 0 Å². The van der Waals surface area contributed by atoms with Crippen LogP contribution in [0.15, 0.2) is 170 Å². The van der Waals surface area contributed by atoms with E-state index in [-0.39, 0.29) is 25.2 Å². The minimum absolute atomic E-state index is 0.00410. The maximum Gasteiger partial charge on any atom is 0.306 e. The van der Waals surface area contributed by atoms with E-state index in [0.717, 1.165) is 122 Å². The number of carbonyl (C=O) groups excluding carboxylic acids is 2. The monoisotopic (exact) mass is 877 g/mol. The molecule has 64 heavy (non-hydrogen) atoms. The lowest BCUT2D eigenvalue weighted by molar-refractivity contribution is -0.162. The van der Waals surface area contributed by atoms with Gasteiger partial charge in [-0.2, -0.15) is 0 Å². The molecule has 0 aromatic carbocycles. The Morgan fingerprint density at radius 2 is 0.656 bits per heavy atom. The van der Waals surface area contributed by atoms with Crippen molar-refractivity contribution in [3.63, 3.8) is 0 Å². The Labute approximate surface area is 392 Å². The third kappa shape index (κ3) is 49.9. The van der Waals surface area contributed by atoms with E-state index in [9.17, 15) is 9.59 Å². The first-order valence-electron chi connectivity index (χ1n) is 24.7. The van der Waals surface area contributed by atoms with Crippen LogP contribution in [-0.4, -0.2) is 37.9 Å². The summed E-state index contributed by atoms with van der Waals surface area (Å²) in [5.41, 5.74) is 0. The van der Waals surface area contributed by atoms with Crippen LogP contribution < -0.4 is 0 Å². The molecule has 0 aliphatic carbocycles. The van der Waals surface area contributed by atoms with Crippen molar-refractivity contribution in [2.75, 3.05) is 19.8 Å². The highest BCUT2D eigenvalue weighted by Crippen LogP contribution is 2.08. The number of hydrogen-bond acceptors (Lipinski definition) is 5. The van der Waals surface area contributed by atoms with Crippen molar-refractivity contribution in [3.05, 3.63) is 170 Å². The minimum atomic E-state index is -0.634. The molecule has 0 bridgehead atoms. The molecule has 1 unspecified atom stereocenters. The zero-order valence-corrected chi connectivity index (χ0v) is 40.5. The molecule has 354 valence electrons. The molecule has 5 nitrogen and oxygen atoms in total. The number of rotatable bonds is 42. The fourth-order valence-electron chi connectivity index (χ4n) is 5.72. The summed E-state index contributed by atoms with van der Waals surface area (Å²) in [6.45, 7) is 7.12. The van der Waals surface area contributed by atoms with Crippen molar-refractivity contribution in [3.8, 4) is 0 Å². The summed E-state index contributed by atoms with van der Waals surface area (Å²) < 4.78 is 17.2. The standard InChI is InChI=1S/C59H88O5/c1-4-7-10-13-16-19-22-25-28-30-32-34-37-40-43-46-49-52-58(60)63-56-57(55-62-54-51-48-45-42-39-36-33-29-26-23-20-17-14-11-8-5-2)64-59(61)53-50-47-44-41-38-35-31-27-24-21-18-15-12-9-6-3/h7-12,16-21,25-29,31-32,34,36,38-41,43,45,48,57H,4-6,13-15,22-24,30,33,35,37,42,44,46-47,49-56H2,1-3H3/b10-7-,11-8-,12-9-,19-16-,20-17-,21-18-,28-25-,29-26-,31-27-,34-32-,39-36-,41-38-,43-40-,48-45-. The van der Waals surface area contributed by atoms with Crippen LogP contribution in [0.1, 0.15) is 162 Å². The molecule has 0 saturated carbocycles. The fraction of sp³-hybridized carbons (Fsp3) is 0.492. The van der Waals surface area contributed by atoms with Gasteiger partial charge in [-0.15, -0.1) is 0 Å². The van der Waals surface area contributed by atoms with Gasteiger partial charge < -0.3 is 14.2 Å². The lowest BCUT2D eigenvalue weighted by Gasteiger charge is -2.18. The lowest BCUT2D eigenvalue weighted by Crippen LogP contribution is -2.30. The second kappa shape index (κ2) is 52.6. The smallest absolute Gasteiger partial charge is 0.306 e. The van der Waals surface area contributed by atoms with Gasteiger partial charge in [-0.05, 0) is 128 Å². The van der Waals surface area contributed by atoms with Crippen LogP contribution in [0.25, 0.3) is 0 Å². The first-order valence-corrected chi connectivity index (χ1v) is 24.7. The molecule has 0 N–H and O–H groups in total. The topological polar surface area (TPSA) is 61.8 Å². The predicted octanol–water partition coefficient (Wildman–Crippen LogP) is 16.9. The van der Waals surface area contributed by atoms with Crippen LogP contribution in [0.4, 0.5) is 0 Å². The van der Waals surface area contributed by atoms with E-state index >= 15 is 0 Å². The molecule has 0 rings (SSSR count). The normalized spacial score (nSPS) is 13.7. The van der Waals surface area contributed by atoms with E-state index in [4.69, 9.17) is 14.2 Å². The van der Waals surface area contributed by atoms with Gasteiger partial charge in [-0.3, -0.25) is 9.59 Å². The first-order chi connectivity index (χ1) is 31.6. The zero-order valence-electron chi connectivity index (χ0n) is 40.5. The third-order valence-electron chi connectivity index (χ3n) is 9.25. The summed E-state index contributed by atoms with van der Waals surface area (Å²) in [4.78, 5) is 25.3. The Bertz CT molecular complexity index is 1500. The number of unbranched alkanes of at least 4 members (excludes halogenated alkanes) is 3. The van der Waals surface area contributed by atoms with Crippen molar-refractivity contribution in [1.82, 2.24) is 0 Å². The number of esters is 2. The van der Waals surface area contributed by atoms with Crippen LogP contribution in [0.5, 0.6) is 0 Å². The molecule has 0 heterocycles. The van der Waals surface area contributed by atoms with Crippen LogP contribution in [-0.2, 0) is 23.8 Å². The van der Waals surface area contributed by atoms with Gasteiger partial charge >= 0.3 is 11.9 Å². The molecule has 0 fully saturated rings. The molecule has 1 atom stereocenters. The van der Waals surface area contributed by atoms with Gasteiger partial charge in [0, 0.05) is 12.8 Å². The molecule has 0 aromatic heterocycles. The maximum atomic E-state index is 12.8. The fourth-order valence-corrected chi connectivity index (χ4v) is 5.72. The van der Waals surface area contributed by atoms with Crippen molar-refractivity contribution in [1.29, 1.82) is 0 Å². The first kappa shape index (κ1) is 59.3. The SMILES string of the molecule is CC/C=C\C/C=C\C/C=C\C/C=C\C/C=C\CCCC(=O)OCC(COCC/C=C\C/C=C\C/C=C\C/C=C\C/C=C\CC)OC(=O)CCCC/C=C\C/C=C\C/C=C\C/C=C\CC. The van der Waals surface area contributed by atoms with Gasteiger partial charge in [0.05, 0.1) is 13.2 Å². The van der Waals surface area contributed by atoms with Gasteiger partial charge in [0.25, 0.3) is 0 Å². The molecule has 0 aliphatic rings. The molecule has 0 amide bonds. The zero-order chi connectivity index (χ0) is 46.3. The average molecular weight is 877 g/mol. The van der Waals surface area contributed by atoms with Gasteiger partial charge in [0.15, 0.2) is 6.10 Å². The van der Waals surface area contributed by atoms with Crippen LogP contribution in [0.3, 0.4) is 0 Å². The van der Waals surface area contributed by atoms with E-state index in [1.807, 2.05) is 0 Å². The highest BCUT2D eigenvalue weighted by Gasteiger charge is 2.17. The van der Waals surface area contributed by atoms with E-state index in [2.05, 4.69) is 191 Å². The highest BCUT2D eigenvalue weighted by molar-refractivity contribution is 5.70. The average Bonchev–Trinajstić information content (AvgIpc) is 3.30. The Morgan fingerprint density at radius 3 is 1.03 bits per heavy atom. The Morgan fingerprint density at radius 1 is 0.344 bits per heavy atom. The third-order valence-corrected chi connectivity index (χ3v) is 9.25. The molecule has 0 spiro atoms. The van der Waals surface area contributed by atoms with Gasteiger partial charge in [-0.25, -0.2) is 0 Å². The van der Waals surface area contributed by atoms with Crippen molar-refractivity contribution in [2.45, 2.75) is 168 Å². The summed E-state index contributed by atoms with van der Waals surface area (Å²) >= 11 is 0. The summed E-state index contributed by atoms with van der Waals surface area (Å²) in [5.74, 6) is -0.573. The van der Waals surface area contributed by atoms with E-state index in [1.54, 1.807) is 0 Å². The second-order valence-electron chi connectivity index (χ2n) is 15.2. The Hall–Kier alpha value is -4.74. The molecule has 0 aliphatic heterocycles. The predicted molar refractivity (Wildman–Crippen MR) is 278 cm³/mol. The molecule has 0 radical (unpaired) electrons. The molecule has 5 heteroatoms. The van der Waals surface area contributed by atoms with Crippen molar-refractivity contribution in [2.24, 2.45) is 0 Å². The van der Waals surface area contributed by atoms with Gasteiger partial charge in [-0.1, -0.05) is 191 Å². The Balaban J connectivity index is 4.60. The minimum Gasteiger partial charge on any atom is -0.462 e. The van der Waals surface area contributed by atoms with Crippen molar-refractivity contribution >= 4 is 11.9 Å². The summed E-state index contributed by atoms with van der Waals surface area (Å²) in [6, 6.07) is 0. The van der Waals surface area contributed by atoms with Gasteiger partial charge in [0.2, 0.25) is 0 Å². The summed E-state index contributed by atoms with van der Waals surface area (Å²) in [7, 11) is 0. The summed E-state index contributed by atoms with van der Waals surface area (Å²) in [5, 5.41) is 0. The number of allylic oxidation sites excluding steroid dienone is 27. The Kier molecular flexibility index (Phi) is 48.7. The molecule has 0 aromatic rings. The van der Waals surface area contributed by atoms with Crippen LogP contribution in [0, 0.1) is 0 Å². The molecular formula is C59H88O5. The largest absolute Gasteiger partial charge is 0.462 e. The second-order valence-corrected chi connectivity index (χ2v) is 15.2. The number of hydrogen-bond donors (Lipinski definition) is 0. The van der Waals surface area contributed by atoms with E-state index in [0.29, 0.717) is 25.9 Å². The lowest BCUT2D eigenvalue weighted by atomic mass is 10.2. The highest BCUT2D eigenvalue weighted by atomic mass is 16.6. The van der Waals surface area contributed by atoms with Crippen molar-refractivity contribution < 1.29 is 23.8 Å².